The molecule has 0 aromatic rings. The minimum absolute atomic E-state index is 0.300. The summed E-state index contributed by atoms with van der Waals surface area (Å²) >= 11 is 0. The fourth-order valence-electron chi connectivity index (χ4n) is 1.19. The first-order valence-electron chi connectivity index (χ1n) is 5.11. The van der Waals surface area contributed by atoms with Gasteiger partial charge in [0.2, 0.25) is 5.91 Å². The smallest absolute Gasteiger partial charge is 0.312 e. The van der Waals surface area contributed by atoms with Crippen LogP contribution in [0.5, 0.6) is 0 Å². The molecule has 5 nitrogen and oxygen atoms in total. The zero-order chi connectivity index (χ0) is 11.8. The van der Waals surface area contributed by atoms with Crippen molar-refractivity contribution in [2.45, 2.75) is 19.8 Å². The van der Waals surface area contributed by atoms with Crippen molar-refractivity contribution >= 4 is 11.9 Å². The van der Waals surface area contributed by atoms with Crippen molar-refractivity contribution in [2.24, 2.45) is 0 Å². The lowest BCUT2D eigenvalue weighted by atomic mass is 10.3. The van der Waals surface area contributed by atoms with Gasteiger partial charge < -0.3 is 14.9 Å². The predicted octanol–water partition coefficient (Wildman–Crippen LogP) is 0.261. The monoisotopic (exact) mass is 216 g/mol. The second kappa shape index (κ2) is 7.23. The third-order valence-corrected chi connectivity index (χ3v) is 1.97. The van der Waals surface area contributed by atoms with Crippen LogP contribution in [0.15, 0.2) is 0 Å². The van der Waals surface area contributed by atoms with Crippen molar-refractivity contribution in [2.75, 3.05) is 33.7 Å². The molecule has 0 radical (unpaired) electrons. The molecule has 0 aromatic heterocycles. The van der Waals surface area contributed by atoms with Crippen LogP contribution < -0.4 is 0 Å². The summed E-state index contributed by atoms with van der Waals surface area (Å²) in [5.74, 6) is -1.36. The van der Waals surface area contributed by atoms with Crippen molar-refractivity contribution < 1.29 is 14.7 Å². The highest BCUT2D eigenvalue weighted by Gasteiger charge is 2.15. The minimum atomic E-state index is -1.06. The number of likely N-dealkylation sites (N-methyl/N-ethyl adjacent to an activating group) is 1. The highest BCUT2D eigenvalue weighted by molar-refractivity contribution is 5.93. The highest BCUT2D eigenvalue weighted by atomic mass is 16.4. The Labute approximate surface area is 90.7 Å². The van der Waals surface area contributed by atoms with E-state index in [1.807, 2.05) is 25.9 Å². The van der Waals surface area contributed by atoms with Gasteiger partial charge in [-0.05, 0) is 20.5 Å². The summed E-state index contributed by atoms with van der Waals surface area (Å²) in [4.78, 5) is 25.5. The summed E-state index contributed by atoms with van der Waals surface area (Å²) in [5, 5.41) is 8.52. The standard InChI is InChI=1S/C10H20N2O3/c1-4-5-12(7-6-11(2)3)9(13)8-10(14)15/h4-8H2,1-3H3,(H,14,15). The van der Waals surface area contributed by atoms with E-state index in [9.17, 15) is 9.59 Å². The number of carbonyl (C=O) groups excluding carboxylic acids is 1. The predicted molar refractivity (Wildman–Crippen MR) is 57.7 cm³/mol. The number of aliphatic carboxylic acids is 1. The van der Waals surface area contributed by atoms with Gasteiger partial charge in [-0.2, -0.15) is 0 Å². The van der Waals surface area contributed by atoms with Crippen LogP contribution in [-0.4, -0.2) is 60.5 Å². The van der Waals surface area contributed by atoms with Gasteiger partial charge in [0.25, 0.3) is 0 Å². The van der Waals surface area contributed by atoms with E-state index >= 15 is 0 Å². The zero-order valence-corrected chi connectivity index (χ0v) is 9.69. The maximum atomic E-state index is 11.5. The lowest BCUT2D eigenvalue weighted by Gasteiger charge is -2.23. The SMILES string of the molecule is CCCN(CCN(C)C)C(=O)CC(=O)O. The molecule has 0 spiro atoms. The fourth-order valence-corrected chi connectivity index (χ4v) is 1.19. The molecule has 15 heavy (non-hydrogen) atoms. The quantitative estimate of drug-likeness (QED) is 0.620. The molecule has 0 aromatic carbocycles. The Kier molecular flexibility index (Phi) is 6.70. The van der Waals surface area contributed by atoms with Crippen LogP contribution in [0.1, 0.15) is 19.8 Å². The molecule has 0 unspecified atom stereocenters. The van der Waals surface area contributed by atoms with Crippen molar-refractivity contribution in [1.82, 2.24) is 9.80 Å². The van der Waals surface area contributed by atoms with Crippen LogP contribution in [0, 0.1) is 0 Å². The Hall–Kier alpha value is -1.10. The summed E-state index contributed by atoms with van der Waals surface area (Å²) in [6.07, 6.45) is 0.437. The Morgan fingerprint density at radius 1 is 1.13 bits per heavy atom. The molecule has 0 fully saturated rings. The Morgan fingerprint density at radius 2 is 1.73 bits per heavy atom. The first kappa shape index (κ1) is 13.9. The molecule has 0 bridgehead atoms. The van der Waals surface area contributed by atoms with E-state index in [2.05, 4.69) is 0 Å². The first-order chi connectivity index (χ1) is 6.97. The third-order valence-electron chi connectivity index (χ3n) is 1.97. The number of rotatable bonds is 7. The molecule has 0 aliphatic rings. The molecule has 0 heterocycles. The molecule has 88 valence electrons. The first-order valence-corrected chi connectivity index (χ1v) is 5.11. The maximum absolute atomic E-state index is 11.5. The average Bonchev–Trinajstić information content (AvgIpc) is 2.10. The molecule has 1 amide bonds. The second-order valence-corrected chi connectivity index (χ2v) is 3.75. The molecule has 0 aliphatic carbocycles. The van der Waals surface area contributed by atoms with E-state index in [1.54, 1.807) is 4.90 Å². The largest absolute Gasteiger partial charge is 0.481 e. The molecule has 0 saturated heterocycles. The van der Waals surface area contributed by atoms with Crippen LogP contribution in [0.25, 0.3) is 0 Å². The lowest BCUT2D eigenvalue weighted by Crippen LogP contribution is -2.38. The zero-order valence-electron chi connectivity index (χ0n) is 9.69. The van der Waals surface area contributed by atoms with Gasteiger partial charge in [0.05, 0.1) is 0 Å². The second-order valence-electron chi connectivity index (χ2n) is 3.75. The summed E-state index contributed by atoms with van der Waals surface area (Å²) in [6.45, 7) is 3.94. The molecule has 0 aliphatic heterocycles. The van der Waals surface area contributed by atoms with Gasteiger partial charge >= 0.3 is 5.97 Å². The Balaban J connectivity index is 4.12. The molecule has 0 rings (SSSR count). The Morgan fingerprint density at radius 3 is 2.13 bits per heavy atom. The highest BCUT2D eigenvalue weighted by Crippen LogP contribution is 1.97. The number of carbonyl (C=O) groups is 2. The van der Waals surface area contributed by atoms with Crippen LogP contribution >= 0.6 is 0 Å². The van der Waals surface area contributed by atoms with E-state index in [-0.39, 0.29) is 5.91 Å². The van der Waals surface area contributed by atoms with Gasteiger partial charge in [0.1, 0.15) is 6.42 Å². The Bertz CT molecular complexity index is 217. The number of hydrogen-bond acceptors (Lipinski definition) is 3. The fraction of sp³-hybridized carbons (Fsp3) is 0.800. The normalized spacial score (nSPS) is 10.4. The summed E-state index contributed by atoms with van der Waals surface area (Å²) in [5.41, 5.74) is 0. The molecule has 0 saturated carbocycles. The van der Waals surface area contributed by atoms with Crippen LogP contribution in [-0.2, 0) is 9.59 Å². The number of nitrogens with zero attached hydrogens (tertiary/aromatic N) is 2. The van der Waals surface area contributed by atoms with Crippen molar-refractivity contribution in [1.29, 1.82) is 0 Å². The van der Waals surface area contributed by atoms with Crippen LogP contribution in [0.4, 0.5) is 0 Å². The number of amides is 1. The van der Waals surface area contributed by atoms with Crippen molar-refractivity contribution in [3.05, 3.63) is 0 Å². The topological polar surface area (TPSA) is 60.9 Å². The lowest BCUT2D eigenvalue weighted by molar-refractivity contribution is -0.144. The van der Waals surface area contributed by atoms with Crippen LogP contribution in [0.3, 0.4) is 0 Å². The number of carboxylic acid groups (broad SMARTS) is 1. The van der Waals surface area contributed by atoms with Gasteiger partial charge in [-0.25, -0.2) is 0 Å². The van der Waals surface area contributed by atoms with Gasteiger partial charge in [0.15, 0.2) is 0 Å². The van der Waals surface area contributed by atoms with Gasteiger partial charge in [-0.1, -0.05) is 6.92 Å². The van der Waals surface area contributed by atoms with Gasteiger partial charge in [-0.15, -0.1) is 0 Å². The number of carboxylic acids is 1. The minimum Gasteiger partial charge on any atom is -0.481 e. The molecular weight excluding hydrogens is 196 g/mol. The summed E-state index contributed by atoms with van der Waals surface area (Å²) < 4.78 is 0. The average molecular weight is 216 g/mol. The third kappa shape index (κ3) is 6.90. The summed E-state index contributed by atoms with van der Waals surface area (Å²) in [6, 6.07) is 0. The molecule has 5 heteroatoms. The van der Waals surface area contributed by atoms with Crippen molar-refractivity contribution in [3.8, 4) is 0 Å². The molecule has 0 atom stereocenters. The summed E-state index contributed by atoms with van der Waals surface area (Å²) in [7, 11) is 3.84. The van der Waals surface area contributed by atoms with Crippen molar-refractivity contribution in [3.63, 3.8) is 0 Å². The molecular formula is C10H20N2O3. The van der Waals surface area contributed by atoms with Gasteiger partial charge in [0, 0.05) is 19.6 Å². The van der Waals surface area contributed by atoms with E-state index in [0.717, 1.165) is 13.0 Å². The van der Waals surface area contributed by atoms with E-state index in [1.165, 1.54) is 0 Å². The van der Waals surface area contributed by atoms with E-state index < -0.39 is 12.4 Å². The van der Waals surface area contributed by atoms with Crippen LogP contribution in [0.2, 0.25) is 0 Å². The van der Waals surface area contributed by atoms with E-state index in [4.69, 9.17) is 5.11 Å². The number of hydrogen-bond donors (Lipinski definition) is 1. The van der Waals surface area contributed by atoms with E-state index in [0.29, 0.717) is 13.1 Å². The molecule has 1 N–H and O–H groups in total. The van der Waals surface area contributed by atoms with Gasteiger partial charge in [-0.3, -0.25) is 9.59 Å². The maximum Gasteiger partial charge on any atom is 0.312 e.